The summed E-state index contributed by atoms with van der Waals surface area (Å²) >= 11 is 0. The van der Waals surface area contributed by atoms with Gasteiger partial charge in [0.2, 0.25) is 0 Å². The Hall–Kier alpha value is -8.46. The summed E-state index contributed by atoms with van der Waals surface area (Å²) in [6, 6.07) is 92.7. The standard InChI is InChI=1S/C62H42N2/c1-3-16-46(17-4-1)57-27-13-29-59-61(57)62-58(28-14-30-60(62)64(59)51-22-5-2-6-23-51)50-21-11-24-54(42-50)63(52-37-33-44(34-38-52)49-32-31-43-15-7-8-19-48(43)41-49)53-39-35-47(36-40-53)56-26-12-20-45-18-9-10-25-55(45)56/h1-42H. The molecule has 0 atom stereocenters. The second-order valence-electron chi connectivity index (χ2n) is 16.5. The van der Waals surface area contributed by atoms with Crippen LogP contribution in [-0.4, -0.2) is 4.57 Å². The quantitative estimate of drug-likeness (QED) is 0.148. The maximum atomic E-state index is 2.42. The highest BCUT2D eigenvalue weighted by molar-refractivity contribution is 6.21. The topological polar surface area (TPSA) is 8.17 Å². The van der Waals surface area contributed by atoms with Crippen LogP contribution in [0.15, 0.2) is 255 Å². The van der Waals surface area contributed by atoms with Crippen molar-refractivity contribution in [2.75, 3.05) is 4.90 Å². The van der Waals surface area contributed by atoms with E-state index in [-0.39, 0.29) is 0 Å². The van der Waals surface area contributed by atoms with Gasteiger partial charge < -0.3 is 9.47 Å². The zero-order valence-electron chi connectivity index (χ0n) is 35.1. The predicted octanol–water partition coefficient (Wildman–Crippen LogP) is 17.2. The first-order valence-corrected chi connectivity index (χ1v) is 22.0. The molecule has 12 rings (SSSR count). The van der Waals surface area contributed by atoms with Crippen LogP contribution in [0, 0.1) is 0 Å². The SMILES string of the molecule is c1ccc(-c2cccc3c2c2c(-c4cccc(N(c5ccc(-c6ccc7ccccc7c6)cc5)c5ccc(-c6cccc7ccccc67)cc5)c4)cccc2n3-c2ccccc2)cc1. The Balaban J connectivity index is 1.03. The molecule has 0 amide bonds. The van der Waals surface area contributed by atoms with Gasteiger partial charge in [-0.25, -0.2) is 0 Å². The van der Waals surface area contributed by atoms with Crippen LogP contribution in [0.5, 0.6) is 0 Å². The summed E-state index contributed by atoms with van der Waals surface area (Å²) < 4.78 is 2.42. The summed E-state index contributed by atoms with van der Waals surface area (Å²) in [4.78, 5) is 2.39. The van der Waals surface area contributed by atoms with Gasteiger partial charge in [-0.3, -0.25) is 0 Å². The molecule has 0 aliphatic rings. The van der Waals surface area contributed by atoms with E-state index in [1.807, 2.05) is 0 Å². The lowest BCUT2D eigenvalue weighted by atomic mass is 9.94. The number of nitrogens with zero attached hydrogens (tertiary/aromatic N) is 2. The average molecular weight is 815 g/mol. The molecule has 12 aromatic rings. The molecule has 0 saturated heterocycles. The Morgan fingerprint density at radius 3 is 1.48 bits per heavy atom. The van der Waals surface area contributed by atoms with E-state index in [0.717, 1.165) is 28.3 Å². The molecule has 0 saturated carbocycles. The summed E-state index contributed by atoms with van der Waals surface area (Å²) in [6.07, 6.45) is 0. The Morgan fingerprint density at radius 2 is 0.766 bits per heavy atom. The van der Waals surface area contributed by atoms with E-state index in [2.05, 4.69) is 264 Å². The monoisotopic (exact) mass is 814 g/mol. The lowest BCUT2D eigenvalue weighted by Gasteiger charge is -2.26. The molecular formula is C62H42N2. The molecule has 2 nitrogen and oxygen atoms in total. The number of anilines is 3. The van der Waals surface area contributed by atoms with Crippen molar-refractivity contribution in [1.29, 1.82) is 0 Å². The van der Waals surface area contributed by atoms with Gasteiger partial charge in [-0.2, -0.15) is 0 Å². The number of para-hydroxylation sites is 1. The number of fused-ring (bicyclic) bond motifs is 5. The van der Waals surface area contributed by atoms with E-state index < -0.39 is 0 Å². The number of aromatic nitrogens is 1. The largest absolute Gasteiger partial charge is 0.310 e. The van der Waals surface area contributed by atoms with Gasteiger partial charge in [0.05, 0.1) is 11.0 Å². The summed E-state index contributed by atoms with van der Waals surface area (Å²) in [5.74, 6) is 0. The molecule has 0 radical (unpaired) electrons. The highest BCUT2D eigenvalue weighted by Gasteiger charge is 2.21. The van der Waals surface area contributed by atoms with Gasteiger partial charge in [0.25, 0.3) is 0 Å². The van der Waals surface area contributed by atoms with Gasteiger partial charge in [0.1, 0.15) is 0 Å². The molecule has 2 heteroatoms. The molecule has 300 valence electrons. The van der Waals surface area contributed by atoms with Crippen molar-refractivity contribution < 1.29 is 0 Å². The molecule has 0 aliphatic heterocycles. The Labute approximate surface area is 373 Å². The Kier molecular flexibility index (Phi) is 9.20. The maximum absolute atomic E-state index is 2.42. The molecule has 11 aromatic carbocycles. The lowest BCUT2D eigenvalue weighted by Crippen LogP contribution is -2.10. The van der Waals surface area contributed by atoms with Gasteiger partial charge in [0.15, 0.2) is 0 Å². The highest BCUT2D eigenvalue weighted by atomic mass is 15.1. The minimum absolute atomic E-state index is 1.08. The van der Waals surface area contributed by atoms with Crippen LogP contribution in [0.1, 0.15) is 0 Å². The van der Waals surface area contributed by atoms with E-state index in [1.165, 1.54) is 82.3 Å². The van der Waals surface area contributed by atoms with Gasteiger partial charge in [-0.15, -0.1) is 0 Å². The fourth-order valence-electron chi connectivity index (χ4n) is 9.76. The van der Waals surface area contributed by atoms with Crippen molar-refractivity contribution in [1.82, 2.24) is 4.57 Å². The highest BCUT2D eigenvalue weighted by Crippen LogP contribution is 2.45. The first-order valence-electron chi connectivity index (χ1n) is 22.0. The molecule has 0 spiro atoms. The van der Waals surface area contributed by atoms with Crippen molar-refractivity contribution in [2.24, 2.45) is 0 Å². The Bertz CT molecular complexity index is 3640. The number of rotatable bonds is 8. The van der Waals surface area contributed by atoms with E-state index >= 15 is 0 Å². The summed E-state index contributed by atoms with van der Waals surface area (Å²) in [5.41, 5.74) is 16.4. The van der Waals surface area contributed by atoms with E-state index in [4.69, 9.17) is 0 Å². The first kappa shape index (κ1) is 37.3. The maximum Gasteiger partial charge on any atom is 0.0547 e. The second-order valence-corrected chi connectivity index (χ2v) is 16.5. The van der Waals surface area contributed by atoms with E-state index in [0.29, 0.717) is 0 Å². The van der Waals surface area contributed by atoms with Gasteiger partial charge in [-0.1, -0.05) is 188 Å². The molecule has 1 aromatic heterocycles. The minimum Gasteiger partial charge on any atom is -0.310 e. The van der Waals surface area contributed by atoms with E-state index in [1.54, 1.807) is 0 Å². The molecule has 1 heterocycles. The molecule has 0 unspecified atom stereocenters. The van der Waals surface area contributed by atoms with Crippen LogP contribution in [0.25, 0.3) is 93.5 Å². The number of benzene rings is 11. The molecule has 0 aliphatic carbocycles. The fraction of sp³-hybridized carbons (Fsp3) is 0. The fourth-order valence-corrected chi connectivity index (χ4v) is 9.76. The summed E-state index contributed by atoms with van der Waals surface area (Å²) in [7, 11) is 0. The van der Waals surface area contributed by atoms with Crippen LogP contribution >= 0.6 is 0 Å². The van der Waals surface area contributed by atoms with Gasteiger partial charge >= 0.3 is 0 Å². The minimum atomic E-state index is 1.08. The average Bonchev–Trinajstić information content (AvgIpc) is 3.72. The number of hydrogen-bond donors (Lipinski definition) is 0. The van der Waals surface area contributed by atoms with Gasteiger partial charge in [-0.05, 0) is 133 Å². The van der Waals surface area contributed by atoms with Crippen molar-refractivity contribution in [2.45, 2.75) is 0 Å². The zero-order valence-corrected chi connectivity index (χ0v) is 35.1. The molecule has 0 bridgehead atoms. The first-order chi connectivity index (χ1) is 31.7. The zero-order chi connectivity index (χ0) is 42.4. The van der Waals surface area contributed by atoms with Crippen LogP contribution in [-0.2, 0) is 0 Å². The molecule has 0 N–H and O–H groups in total. The molecule has 64 heavy (non-hydrogen) atoms. The third kappa shape index (κ3) is 6.52. The third-order valence-electron chi connectivity index (χ3n) is 12.8. The van der Waals surface area contributed by atoms with Crippen LogP contribution in [0.3, 0.4) is 0 Å². The smallest absolute Gasteiger partial charge is 0.0547 e. The van der Waals surface area contributed by atoms with Crippen molar-refractivity contribution in [3.05, 3.63) is 255 Å². The Morgan fingerprint density at radius 1 is 0.266 bits per heavy atom. The van der Waals surface area contributed by atoms with Crippen molar-refractivity contribution in [3.8, 4) is 50.2 Å². The number of hydrogen-bond acceptors (Lipinski definition) is 1. The lowest BCUT2D eigenvalue weighted by molar-refractivity contribution is 1.18. The predicted molar refractivity (Wildman–Crippen MR) is 272 cm³/mol. The van der Waals surface area contributed by atoms with Gasteiger partial charge in [0, 0.05) is 33.5 Å². The van der Waals surface area contributed by atoms with Crippen molar-refractivity contribution >= 4 is 60.4 Å². The second kappa shape index (κ2) is 15.8. The third-order valence-corrected chi connectivity index (χ3v) is 12.8. The molecule has 0 fully saturated rings. The van der Waals surface area contributed by atoms with E-state index in [9.17, 15) is 0 Å². The van der Waals surface area contributed by atoms with Crippen LogP contribution in [0.2, 0.25) is 0 Å². The normalized spacial score (nSPS) is 11.4. The molecular weight excluding hydrogens is 773 g/mol. The van der Waals surface area contributed by atoms with Crippen LogP contribution < -0.4 is 4.90 Å². The summed E-state index contributed by atoms with van der Waals surface area (Å²) in [6.45, 7) is 0. The van der Waals surface area contributed by atoms with Crippen LogP contribution in [0.4, 0.5) is 17.1 Å². The van der Waals surface area contributed by atoms with Crippen molar-refractivity contribution in [3.63, 3.8) is 0 Å². The summed E-state index contributed by atoms with van der Waals surface area (Å²) in [5, 5.41) is 7.48.